The van der Waals surface area contributed by atoms with Gasteiger partial charge in [-0.1, -0.05) is 13.3 Å². The number of nitrogens with zero attached hydrogens (tertiary/aromatic N) is 1. The Bertz CT molecular complexity index is 310. The summed E-state index contributed by atoms with van der Waals surface area (Å²) >= 11 is 0. The van der Waals surface area contributed by atoms with Gasteiger partial charge >= 0.3 is 0 Å². The summed E-state index contributed by atoms with van der Waals surface area (Å²) < 4.78 is 30.1. The molecule has 2 N–H and O–H groups in total. The second-order valence-electron chi connectivity index (χ2n) is 4.39. The number of hydrogen-bond donors (Lipinski definition) is 1. The van der Waals surface area contributed by atoms with Crippen LogP contribution in [0.3, 0.4) is 0 Å². The van der Waals surface area contributed by atoms with Gasteiger partial charge in [0.2, 0.25) is 10.0 Å². The van der Waals surface area contributed by atoms with Crippen molar-refractivity contribution in [2.45, 2.75) is 32.2 Å². The fourth-order valence-electron chi connectivity index (χ4n) is 1.95. The lowest BCUT2D eigenvalue weighted by Gasteiger charge is -2.46. The average molecular weight is 250 g/mol. The largest absolute Gasteiger partial charge is 0.381 e. The molecule has 0 atom stereocenters. The Morgan fingerprint density at radius 2 is 2.00 bits per heavy atom. The molecule has 1 fully saturated rings. The van der Waals surface area contributed by atoms with Gasteiger partial charge in [0.05, 0.1) is 12.4 Å². The van der Waals surface area contributed by atoms with Crippen molar-refractivity contribution >= 4 is 10.0 Å². The van der Waals surface area contributed by atoms with Crippen LogP contribution in [0.1, 0.15) is 26.7 Å². The number of hydrogen-bond acceptors (Lipinski definition) is 4. The van der Waals surface area contributed by atoms with E-state index in [4.69, 9.17) is 10.5 Å². The maximum atomic E-state index is 11.8. The summed E-state index contributed by atoms with van der Waals surface area (Å²) in [6.45, 7) is 5.63. The summed E-state index contributed by atoms with van der Waals surface area (Å²) in [5.74, 6) is 0.0586. The lowest BCUT2D eigenvalue weighted by atomic mass is 9.89. The van der Waals surface area contributed by atoms with E-state index >= 15 is 0 Å². The van der Waals surface area contributed by atoms with Gasteiger partial charge in [-0.3, -0.25) is 0 Å². The van der Waals surface area contributed by atoms with E-state index in [1.165, 1.54) is 4.31 Å². The molecule has 0 aliphatic carbocycles. The molecule has 1 heterocycles. The normalized spacial score (nSPS) is 20.7. The molecule has 6 heteroatoms. The molecule has 16 heavy (non-hydrogen) atoms. The second kappa shape index (κ2) is 5.44. The van der Waals surface area contributed by atoms with Crippen molar-refractivity contribution in [1.82, 2.24) is 4.31 Å². The second-order valence-corrected chi connectivity index (χ2v) is 6.48. The summed E-state index contributed by atoms with van der Waals surface area (Å²) in [5, 5.41) is 0. The number of rotatable bonds is 7. The minimum Gasteiger partial charge on any atom is -0.381 e. The van der Waals surface area contributed by atoms with Gasteiger partial charge in [-0.15, -0.1) is 0 Å². The third-order valence-electron chi connectivity index (χ3n) is 2.81. The highest BCUT2D eigenvalue weighted by atomic mass is 32.2. The van der Waals surface area contributed by atoms with Gasteiger partial charge in [0.15, 0.2) is 0 Å². The topological polar surface area (TPSA) is 72.6 Å². The maximum absolute atomic E-state index is 11.8. The molecule has 0 saturated carbocycles. The molecule has 0 aromatic heterocycles. The molecule has 1 aliphatic heterocycles. The van der Waals surface area contributed by atoms with Gasteiger partial charge in [0.25, 0.3) is 0 Å². The van der Waals surface area contributed by atoms with Gasteiger partial charge in [0, 0.05) is 25.2 Å². The third kappa shape index (κ3) is 3.41. The fourth-order valence-corrected chi connectivity index (χ4v) is 3.44. The van der Waals surface area contributed by atoms with Gasteiger partial charge in [-0.25, -0.2) is 8.42 Å². The molecule has 0 unspecified atom stereocenters. The standard InChI is InChI=1S/C10H22N2O3S/c1-3-5-10(11)8-12(9-10)16(13,14)7-6-15-4-2/h3-9,11H2,1-2H3. The zero-order valence-corrected chi connectivity index (χ0v) is 10.9. The monoisotopic (exact) mass is 250 g/mol. The predicted octanol–water partition coefficient (Wildman–Crippen LogP) is 0.166. The van der Waals surface area contributed by atoms with Crippen LogP contribution in [0, 0.1) is 0 Å². The van der Waals surface area contributed by atoms with Crippen LogP contribution in [0.25, 0.3) is 0 Å². The SMILES string of the molecule is CCCC1(N)CN(S(=O)(=O)CCOCC)C1. The van der Waals surface area contributed by atoms with Crippen LogP contribution >= 0.6 is 0 Å². The predicted molar refractivity (Wildman–Crippen MR) is 63.7 cm³/mol. The molecule has 0 aromatic carbocycles. The van der Waals surface area contributed by atoms with Gasteiger partial charge in [-0.05, 0) is 13.3 Å². The zero-order valence-electron chi connectivity index (χ0n) is 10.1. The minimum atomic E-state index is -3.16. The molecule has 96 valence electrons. The summed E-state index contributed by atoms with van der Waals surface area (Å²) in [6.07, 6.45) is 1.87. The van der Waals surface area contributed by atoms with Crippen LogP contribution in [0.5, 0.6) is 0 Å². The minimum absolute atomic E-state index is 0.0586. The van der Waals surface area contributed by atoms with Crippen molar-refractivity contribution in [2.75, 3.05) is 32.1 Å². The third-order valence-corrected chi connectivity index (χ3v) is 4.54. The molecule has 0 radical (unpaired) electrons. The summed E-state index contributed by atoms with van der Waals surface area (Å²) in [4.78, 5) is 0. The highest BCUT2D eigenvalue weighted by Crippen LogP contribution is 2.26. The first-order valence-electron chi connectivity index (χ1n) is 5.78. The smallest absolute Gasteiger partial charge is 0.216 e. The van der Waals surface area contributed by atoms with E-state index in [1.54, 1.807) is 0 Å². The Morgan fingerprint density at radius 1 is 1.38 bits per heavy atom. The summed E-state index contributed by atoms with van der Waals surface area (Å²) in [7, 11) is -3.16. The summed E-state index contributed by atoms with van der Waals surface area (Å²) in [6, 6.07) is 0. The van der Waals surface area contributed by atoms with E-state index in [0.717, 1.165) is 12.8 Å². The lowest BCUT2D eigenvalue weighted by molar-refractivity contribution is 0.139. The van der Waals surface area contributed by atoms with E-state index in [2.05, 4.69) is 6.92 Å². The van der Waals surface area contributed by atoms with Crippen LogP contribution in [-0.4, -0.2) is 50.3 Å². The van der Waals surface area contributed by atoms with Crippen LogP contribution in [-0.2, 0) is 14.8 Å². The number of sulfonamides is 1. The number of ether oxygens (including phenoxy) is 1. The molecule has 0 aromatic rings. The van der Waals surface area contributed by atoms with Crippen LogP contribution in [0.4, 0.5) is 0 Å². The van der Waals surface area contributed by atoms with Gasteiger partial charge in [-0.2, -0.15) is 4.31 Å². The fraction of sp³-hybridized carbons (Fsp3) is 1.00. The molecule has 0 bridgehead atoms. The van der Waals surface area contributed by atoms with Crippen LogP contribution in [0.2, 0.25) is 0 Å². The Balaban J connectivity index is 2.37. The zero-order chi connectivity index (χ0) is 12.2. The average Bonchev–Trinajstić information content (AvgIpc) is 2.14. The molecular weight excluding hydrogens is 228 g/mol. The molecule has 5 nitrogen and oxygen atoms in total. The van der Waals surface area contributed by atoms with Crippen LogP contribution in [0.15, 0.2) is 0 Å². The van der Waals surface area contributed by atoms with Crippen molar-refractivity contribution < 1.29 is 13.2 Å². The highest BCUT2D eigenvalue weighted by molar-refractivity contribution is 7.89. The Hall–Kier alpha value is -0.170. The van der Waals surface area contributed by atoms with Crippen molar-refractivity contribution in [2.24, 2.45) is 5.73 Å². The van der Waals surface area contributed by atoms with E-state index in [0.29, 0.717) is 19.7 Å². The molecule has 1 aliphatic rings. The first-order chi connectivity index (χ1) is 7.43. The molecule has 0 spiro atoms. The van der Waals surface area contributed by atoms with E-state index < -0.39 is 10.0 Å². The van der Waals surface area contributed by atoms with Gasteiger partial charge < -0.3 is 10.5 Å². The lowest BCUT2D eigenvalue weighted by Crippen LogP contribution is -2.68. The first kappa shape index (κ1) is 13.9. The molecule has 0 amide bonds. The number of nitrogens with two attached hydrogens (primary N) is 1. The van der Waals surface area contributed by atoms with Crippen molar-refractivity contribution in [3.63, 3.8) is 0 Å². The Morgan fingerprint density at radius 3 is 2.50 bits per heavy atom. The maximum Gasteiger partial charge on any atom is 0.216 e. The Kier molecular flexibility index (Phi) is 4.73. The van der Waals surface area contributed by atoms with Crippen molar-refractivity contribution in [3.8, 4) is 0 Å². The van der Waals surface area contributed by atoms with E-state index in [9.17, 15) is 8.42 Å². The van der Waals surface area contributed by atoms with E-state index in [1.807, 2.05) is 6.92 Å². The quantitative estimate of drug-likeness (QED) is 0.654. The molecule has 1 rings (SSSR count). The molecular formula is C10H22N2O3S. The van der Waals surface area contributed by atoms with Crippen LogP contribution < -0.4 is 5.73 Å². The highest BCUT2D eigenvalue weighted by Gasteiger charge is 2.44. The van der Waals surface area contributed by atoms with Crippen molar-refractivity contribution in [1.29, 1.82) is 0 Å². The summed E-state index contributed by atoms with van der Waals surface area (Å²) in [5.41, 5.74) is 5.72. The van der Waals surface area contributed by atoms with E-state index in [-0.39, 0.29) is 17.9 Å². The first-order valence-corrected chi connectivity index (χ1v) is 7.39. The molecule has 1 saturated heterocycles. The van der Waals surface area contributed by atoms with Crippen molar-refractivity contribution in [3.05, 3.63) is 0 Å². The Labute approximate surface area is 98.0 Å². The van der Waals surface area contributed by atoms with Gasteiger partial charge in [0.1, 0.15) is 0 Å².